The fraction of sp³-hybridized carbons (Fsp3) is 0.353. The summed E-state index contributed by atoms with van der Waals surface area (Å²) in [4.78, 5) is 13.7. The minimum Gasteiger partial charge on any atom is -0.299 e. The smallest absolute Gasteiger partial charge is 0.142 e. The summed E-state index contributed by atoms with van der Waals surface area (Å²) in [6.45, 7) is 0. The molecule has 0 aliphatic heterocycles. The van der Waals surface area contributed by atoms with Crippen molar-refractivity contribution in [2.24, 2.45) is 11.8 Å². The highest BCUT2D eigenvalue weighted by Gasteiger charge is 2.56. The van der Waals surface area contributed by atoms with Crippen LogP contribution in [0.25, 0.3) is 0 Å². The maximum atomic E-state index is 12.6. The second-order valence-corrected chi connectivity index (χ2v) is 8.35. The minimum atomic E-state index is 0.277. The summed E-state index contributed by atoms with van der Waals surface area (Å²) in [6, 6.07) is 12.8. The molecule has 102 valence electrons. The molecule has 1 aromatic carbocycles. The van der Waals surface area contributed by atoms with E-state index in [-0.39, 0.29) is 5.92 Å². The molecule has 0 spiro atoms. The van der Waals surface area contributed by atoms with Gasteiger partial charge in [0.05, 0.1) is 3.79 Å². The number of fused-ring (bicyclic) bond motifs is 3. The van der Waals surface area contributed by atoms with E-state index >= 15 is 0 Å². The third-order valence-electron chi connectivity index (χ3n) is 4.68. The van der Waals surface area contributed by atoms with Gasteiger partial charge < -0.3 is 0 Å². The molecule has 3 unspecified atom stereocenters. The van der Waals surface area contributed by atoms with E-state index in [9.17, 15) is 4.79 Å². The molecule has 4 rings (SSSR count). The topological polar surface area (TPSA) is 17.1 Å². The first kappa shape index (κ1) is 12.8. The molecule has 0 bridgehead atoms. The molecule has 3 heteroatoms. The van der Waals surface area contributed by atoms with Crippen molar-refractivity contribution in [1.29, 1.82) is 0 Å². The molecule has 2 aliphatic rings. The van der Waals surface area contributed by atoms with Crippen LogP contribution in [0.1, 0.15) is 28.3 Å². The highest BCUT2D eigenvalue weighted by atomic mass is 79.9. The van der Waals surface area contributed by atoms with E-state index in [4.69, 9.17) is 0 Å². The van der Waals surface area contributed by atoms with E-state index in [2.05, 4.69) is 46.3 Å². The lowest BCUT2D eigenvalue weighted by atomic mass is 9.92. The van der Waals surface area contributed by atoms with E-state index in [1.165, 1.54) is 22.4 Å². The lowest BCUT2D eigenvalue weighted by molar-refractivity contribution is -0.119. The Morgan fingerprint density at radius 1 is 1.25 bits per heavy atom. The highest BCUT2D eigenvalue weighted by Crippen LogP contribution is 2.60. The van der Waals surface area contributed by atoms with Gasteiger partial charge in [-0.15, -0.1) is 11.3 Å². The Bertz CT molecular complexity index is 675. The van der Waals surface area contributed by atoms with E-state index in [1.807, 2.05) is 6.07 Å². The van der Waals surface area contributed by atoms with Crippen LogP contribution in [-0.2, 0) is 17.6 Å². The Kier molecular flexibility index (Phi) is 3.08. The van der Waals surface area contributed by atoms with Crippen LogP contribution >= 0.6 is 27.3 Å². The van der Waals surface area contributed by atoms with E-state index < -0.39 is 0 Å². The first-order chi connectivity index (χ1) is 9.74. The summed E-state index contributed by atoms with van der Waals surface area (Å²) in [5.41, 5.74) is 2.90. The quantitative estimate of drug-likeness (QED) is 0.793. The van der Waals surface area contributed by atoms with Crippen LogP contribution in [0.5, 0.6) is 0 Å². The highest BCUT2D eigenvalue weighted by molar-refractivity contribution is 9.11. The van der Waals surface area contributed by atoms with E-state index in [0.717, 1.165) is 10.2 Å². The van der Waals surface area contributed by atoms with Gasteiger partial charge in [0.1, 0.15) is 5.78 Å². The van der Waals surface area contributed by atoms with Crippen molar-refractivity contribution in [3.05, 3.63) is 56.2 Å². The van der Waals surface area contributed by atoms with Gasteiger partial charge in [-0.05, 0) is 63.9 Å². The maximum Gasteiger partial charge on any atom is 0.142 e. The number of thiophene rings is 1. The Morgan fingerprint density at radius 2 is 2.10 bits per heavy atom. The largest absolute Gasteiger partial charge is 0.299 e. The van der Waals surface area contributed by atoms with Gasteiger partial charge in [-0.2, -0.15) is 0 Å². The van der Waals surface area contributed by atoms with Crippen molar-refractivity contribution in [3.8, 4) is 0 Å². The number of hydrogen-bond donors (Lipinski definition) is 0. The number of rotatable bonds is 3. The van der Waals surface area contributed by atoms with Crippen LogP contribution in [0.2, 0.25) is 0 Å². The second kappa shape index (κ2) is 4.81. The second-order valence-electron chi connectivity index (χ2n) is 5.80. The van der Waals surface area contributed by atoms with Gasteiger partial charge >= 0.3 is 0 Å². The number of carbonyl (C=O) groups excluding carboxylic acids is 1. The predicted octanol–water partition coefficient (Wildman–Crippen LogP) is 4.60. The molecule has 20 heavy (non-hydrogen) atoms. The first-order valence-corrected chi connectivity index (χ1v) is 8.70. The van der Waals surface area contributed by atoms with Crippen molar-refractivity contribution < 1.29 is 4.79 Å². The van der Waals surface area contributed by atoms with E-state index in [0.29, 0.717) is 24.0 Å². The molecule has 1 aromatic heterocycles. The summed E-state index contributed by atoms with van der Waals surface area (Å²) in [5.74, 6) is 1.84. The molecule has 0 saturated heterocycles. The molecule has 0 amide bonds. The summed E-state index contributed by atoms with van der Waals surface area (Å²) in [7, 11) is 0. The third kappa shape index (κ3) is 2.08. The Labute approximate surface area is 131 Å². The van der Waals surface area contributed by atoms with Crippen LogP contribution in [0.15, 0.2) is 40.2 Å². The summed E-state index contributed by atoms with van der Waals surface area (Å²) in [6.07, 6.45) is 2.94. The fourth-order valence-corrected chi connectivity index (χ4v) is 5.23. The predicted molar refractivity (Wildman–Crippen MR) is 85.2 cm³/mol. The molecule has 2 aliphatic carbocycles. The number of carbonyl (C=O) groups is 1. The molecule has 0 radical (unpaired) electrons. The van der Waals surface area contributed by atoms with Crippen molar-refractivity contribution in [2.45, 2.75) is 25.2 Å². The molecular weight excluding hydrogens is 332 g/mol. The van der Waals surface area contributed by atoms with Crippen molar-refractivity contribution >= 4 is 33.0 Å². The molecule has 0 N–H and O–H groups in total. The molecule has 1 nitrogen and oxygen atoms in total. The zero-order valence-electron chi connectivity index (χ0n) is 11.0. The minimum absolute atomic E-state index is 0.277. The van der Waals surface area contributed by atoms with Crippen LogP contribution in [0.4, 0.5) is 0 Å². The molecule has 2 aromatic rings. The number of aryl methyl sites for hydroxylation is 1. The molecule has 1 fully saturated rings. The number of Topliss-reactive ketones (excluding diaryl/α,β-unsaturated/α-hetero) is 1. The molecule has 3 atom stereocenters. The number of halogens is 1. The number of hydrogen-bond acceptors (Lipinski definition) is 2. The number of ketones is 1. The fourth-order valence-electron chi connectivity index (χ4n) is 3.74. The SMILES string of the molecule is O=C(Cc1ccc(Br)s1)C1C2CCc3ccccc3C21. The van der Waals surface area contributed by atoms with Gasteiger partial charge in [0.15, 0.2) is 0 Å². The molecule has 1 saturated carbocycles. The average molecular weight is 347 g/mol. The lowest BCUT2D eigenvalue weighted by Crippen LogP contribution is -2.06. The van der Waals surface area contributed by atoms with Gasteiger partial charge in [0.25, 0.3) is 0 Å². The molecular formula is C17H15BrOS. The third-order valence-corrected chi connectivity index (χ3v) is 6.30. The van der Waals surface area contributed by atoms with Crippen LogP contribution in [0.3, 0.4) is 0 Å². The average Bonchev–Trinajstić information content (AvgIpc) is 3.08. The van der Waals surface area contributed by atoms with Gasteiger partial charge in [0.2, 0.25) is 0 Å². The van der Waals surface area contributed by atoms with Gasteiger partial charge in [-0.1, -0.05) is 24.3 Å². The standard InChI is InChI=1S/C17H15BrOS/c18-15-8-6-11(20-15)9-14(19)17-13-7-5-10-3-1-2-4-12(10)16(13)17/h1-4,6,8,13,16-17H,5,7,9H2. The number of benzene rings is 1. The summed E-state index contributed by atoms with van der Waals surface area (Å²) < 4.78 is 1.11. The normalized spacial score (nSPS) is 26.8. The van der Waals surface area contributed by atoms with Gasteiger partial charge in [0, 0.05) is 17.2 Å². The van der Waals surface area contributed by atoms with Crippen molar-refractivity contribution in [1.82, 2.24) is 0 Å². The van der Waals surface area contributed by atoms with Crippen molar-refractivity contribution in [3.63, 3.8) is 0 Å². The monoisotopic (exact) mass is 346 g/mol. The van der Waals surface area contributed by atoms with Crippen molar-refractivity contribution in [2.75, 3.05) is 0 Å². The van der Waals surface area contributed by atoms with Gasteiger partial charge in [-0.3, -0.25) is 4.79 Å². The van der Waals surface area contributed by atoms with Crippen LogP contribution in [0, 0.1) is 11.8 Å². The Hall–Kier alpha value is -0.930. The van der Waals surface area contributed by atoms with E-state index in [1.54, 1.807) is 11.3 Å². The Morgan fingerprint density at radius 3 is 2.90 bits per heavy atom. The lowest BCUT2D eigenvalue weighted by Gasteiger charge is -2.13. The maximum absolute atomic E-state index is 12.6. The summed E-state index contributed by atoms with van der Waals surface area (Å²) in [5, 5.41) is 0. The zero-order chi connectivity index (χ0) is 13.7. The van der Waals surface area contributed by atoms with Crippen LogP contribution < -0.4 is 0 Å². The Balaban J connectivity index is 1.53. The zero-order valence-corrected chi connectivity index (χ0v) is 13.4. The summed E-state index contributed by atoms with van der Waals surface area (Å²) >= 11 is 5.14. The van der Waals surface area contributed by atoms with Gasteiger partial charge in [-0.25, -0.2) is 0 Å². The van der Waals surface area contributed by atoms with Crippen LogP contribution in [-0.4, -0.2) is 5.78 Å². The first-order valence-electron chi connectivity index (χ1n) is 7.09. The molecule has 1 heterocycles.